The summed E-state index contributed by atoms with van der Waals surface area (Å²) in [4.78, 5) is 47.5. The SMILES string of the molecule is Cc1ncccc1-c1cnc2c(N3CCOCC3)nc(-c3ccc(NC(=O)Nc4ccc(C(=O)N(C)C)cc4)cc3)nc2c1. The van der Waals surface area contributed by atoms with Crippen LogP contribution in [0.4, 0.5) is 22.0 Å². The molecular weight excluding hydrogens is 556 g/mol. The molecule has 3 amide bonds. The average Bonchev–Trinajstić information content (AvgIpc) is 3.05. The van der Waals surface area contributed by atoms with Crippen LogP contribution in [0.2, 0.25) is 0 Å². The summed E-state index contributed by atoms with van der Waals surface area (Å²) in [5.41, 5.74) is 6.85. The second kappa shape index (κ2) is 12.4. The molecule has 222 valence electrons. The number of morpholine rings is 1. The van der Waals surface area contributed by atoms with Gasteiger partial charge in [-0.25, -0.2) is 14.8 Å². The highest BCUT2D eigenvalue weighted by Crippen LogP contribution is 2.31. The van der Waals surface area contributed by atoms with E-state index in [1.165, 1.54) is 4.90 Å². The summed E-state index contributed by atoms with van der Waals surface area (Å²) < 4.78 is 5.58. The number of hydrogen-bond donors (Lipinski definition) is 2. The monoisotopic (exact) mass is 588 g/mol. The van der Waals surface area contributed by atoms with Crippen molar-refractivity contribution in [2.75, 3.05) is 55.9 Å². The molecule has 0 spiro atoms. The molecule has 0 atom stereocenters. The Hall–Kier alpha value is -5.42. The number of carbonyl (C=O) groups is 2. The van der Waals surface area contributed by atoms with E-state index in [0.717, 1.165) is 39.2 Å². The molecule has 0 radical (unpaired) electrons. The number of ether oxygens (including phenoxy) is 1. The zero-order chi connectivity index (χ0) is 30.6. The first kappa shape index (κ1) is 28.7. The van der Waals surface area contributed by atoms with Gasteiger partial charge in [-0.05, 0) is 67.6 Å². The topological polar surface area (TPSA) is 125 Å². The largest absolute Gasteiger partial charge is 0.378 e. The van der Waals surface area contributed by atoms with Crippen LogP contribution in [0.25, 0.3) is 33.5 Å². The average molecular weight is 589 g/mol. The molecule has 44 heavy (non-hydrogen) atoms. The molecule has 5 aromatic rings. The Bertz CT molecular complexity index is 1820. The summed E-state index contributed by atoms with van der Waals surface area (Å²) in [7, 11) is 3.39. The van der Waals surface area contributed by atoms with Crippen LogP contribution >= 0.6 is 0 Å². The summed E-state index contributed by atoms with van der Waals surface area (Å²) in [5.74, 6) is 1.22. The number of nitrogens with one attached hydrogen (secondary N) is 2. The van der Waals surface area contributed by atoms with E-state index in [0.29, 0.717) is 49.1 Å². The Balaban J connectivity index is 1.25. The van der Waals surface area contributed by atoms with Crippen molar-refractivity contribution in [3.8, 4) is 22.5 Å². The number of carbonyl (C=O) groups excluding carboxylic acids is 2. The van der Waals surface area contributed by atoms with Gasteiger partial charge in [0.05, 0.1) is 18.7 Å². The molecule has 2 N–H and O–H groups in total. The standard InChI is InChI=1S/C33H32N8O3/c1-21-27(5-4-14-34-21)24-19-28-29(35-20-24)31(41-15-17-44-18-16-41)39-30(38-28)22-6-10-25(11-7-22)36-33(43)37-26-12-8-23(9-13-26)32(42)40(2)3/h4-14,19-20H,15-18H2,1-3H3,(H2,36,37,43). The zero-order valence-corrected chi connectivity index (χ0v) is 24.7. The molecule has 1 fully saturated rings. The molecule has 1 saturated heterocycles. The van der Waals surface area contributed by atoms with Crippen molar-refractivity contribution >= 4 is 40.2 Å². The van der Waals surface area contributed by atoms with Gasteiger partial charge in [-0.2, -0.15) is 0 Å². The molecule has 11 nitrogen and oxygen atoms in total. The van der Waals surface area contributed by atoms with Crippen LogP contribution in [-0.4, -0.2) is 77.2 Å². The van der Waals surface area contributed by atoms with Gasteiger partial charge < -0.3 is 25.2 Å². The number of anilines is 3. The summed E-state index contributed by atoms with van der Waals surface area (Å²) >= 11 is 0. The molecule has 0 aliphatic carbocycles. The first-order valence-corrected chi connectivity index (χ1v) is 14.3. The minimum atomic E-state index is -0.398. The molecule has 4 heterocycles. The zero-order valence-electron chi connectivity index (χ0n) is 24.7. The quantitative estimate of drug-likeness (QED) is 0.276. The number of nitrogens with zero attached hydrogens (tertiary/aromatic N) is 6. The third-order valence-corrected chi connectivity index (χ3v) is 7.34. The van der Waals surface area contributed by atoms with E-state index in [-0.39, 0.29) is 5.91 Å². The van der Waals surface area contributed by atoms with Crippen LogP contribution in [0.15, 0.2) is 79.1 Å². The number of hydrogen-bond acceptors (Lipinski definition) is 8. The maximum atomic E-state index is 12.7. The van der Waals surface area contributed by atoms with Gasteiger partial charge >= 0.3 is 6.03 Å². The molecule has 1 aliphatic heterocycles. The fourth-order valence-electron chi connectivity index (χ4n) is 5.01. The number of aryl methyl sites for hydroxylation is 1. The lowest BCUT2D eigenvalue weighted by Crippen LogP contribution is -2.37. The van der Waals surface area contributed by atoms with Crippen molar-refractivity contribution < 1.29 is 14.3 Å². The predicted octanol–water partition coefficient (Wildman–Crippen LogP) is 5.24. The van der Waals surface area contributed by atoms with Gasteiger partial charge in [0.1, 0.15) is 5.52 Å². The third-order valence-electron chi connectivity index (χ3n) is 7.34. The minimum absolute atomic E-state index is 0.103. The molecule has 0 saturated carbocycles. The number of urea groups is 1. The Morgan fingerprint density at radius 3 is 2.20 bits per heavy atom. The van der Waals surface area contributed by atoms with Crippen molar-refractivity contribution in [3.05, 3.63) is 90.4 Å². The first-order valence-electron chi connectivity index (χ1n) is 14.3. The fraction of sp³-hybridized carbons (Fsp3) is 0.212. The second-order valence-electron chi connectivity index (χ2n) is 10.6. The molecule has 1 aliphatic rings. The Morgan fingerprint density at radius 1 is 0.864 bits per heavy atom. The summed E-state index contributed by atoms with van der Waals surface area (Å²) in [6, 6.07) is 19.7. The third kappa shape index (κ3) is 6.18. The highest BCUT2D eigenvalue weighted by molar-refractivity contribution is 6.00. The summed E-state index contributed by atoms with van der Waals surface area (Å²) in [6.45, 7) is 4.64. The van der Waals surface area contributed by atoms with E-state index in [9.17, 15) is 9.59 Å². The highest BCUT2D eigenvalue weighted by atomic mass is 16.5. The highest BCUT2D eigenvalue weighted by Gasteiger charge is 2.20. The summed E-state index contributed by atoms with van der Waals surface area (Å²) in [5, 5.41) is 5.64. The van der Waals surface area contributed by atoms with Gasteiger partial charge in [0, 0.05) is 78.9 Å². The minimum Gasteiger partial charge on any atom is -0.378 e. The smallest absolute Gasteiger partial charge is 0.323 e. The van der Waals surface area contributed by atoms with Crippen LogP contribution in [0.1, 0.15) is 16.1 Å². The van der Waals surface area contributed by atoms with Crippen molar-refractivity contribution in [1.82, 2.24) is 24.8 Å². The summed E-state index contributed by atoms with van der Waals surface area (Å²) in [6.07, 6.45) is 3.63. The van der Waals surface area contributed by atoms with Crippen LogP contribution < -0.4 is 15.5 Å². The lowest BCUT2D eigenvalue weighted by Gasteiger charge is -2.28. The van der Waals surface area contributed by atoms with E-state index < -0.39 is 6.03 Å². The number of rotatable bonds is 6. The molecule has 0 unspecified atom stereocenters. The predicted molar refractivity (Wildman–Crippen MR) is 171 cm³/mol. The van der Waals surface area contributed by atoms with Gasteiger partial charge in [-0.1, -0.05) is 6.07 Å². The van der Waals surface area contributed by atoms with E-state index in [1.54, 1.807) is 44.6 Å². The molecule has 11 heteroatoms. The lowest BCUT2D eigenvalue weighted by atomic mass is 10.1. The van der Waals surface area contributed by atoms with Gasteiger partial charge in [0.15, 0.2) is 11.6 Å². The van der Waals surface area contributed by atoms with Crippen molar-refractivity contribution in [2.45, 2.75) is 6.92 Å². The number of benzene rings is 2. The maximum Gasteiger partial charge on any atom is 0.323 e. The van der Waals surface area contributed by atoms with Crippen molar-refractivity contribution in [3.63, 3.8) is 0 Å². The number of fused-ring (bicyclic) bond motifs is 1. The first-order chi connectivity index (χ1) is 21.4. The van der Waals surface area contributed by atoms with Gasteiger partial charge in [0.25, 0.3) is 5.91 Å². The van der Waals surface area contributed by atoms with Crippen molar-refractivity contribution in [1.29, 1.82) is 0 Å². The van der Waals surface area contributed by atoms with E-state index >= 15 is 0 Å². The maximum absolute atomic E-state index is 12.7. The fourth-order valence-corrected chi connectivity index (χ4v) is 5.01. The molecule has 2 aromatic carbocycles. The van der Waals surface area contributed by atoms with Crippen LogP contribution in [-0.2, 0) is 4.74 Å². The van der Waals surface area contributed by atoms with Gasteiger partial charge in [-0.3, -0.25) is 14.8 Å². The van der Waals surface area contributed by atoms with E-state index in [4.69, 9.17) is 19.7 Å². The molecule has 3 aromatic heterocycles. The van der Waals surface area contributed by atoms with E-state index in [2.05, 4.69) is 20.5 Å². The molecule has 0 bridgehead atoms. The normalized spacial score (nSPS) is 13.0. The van der Waals surface area contributed by atoms with Gasteiger partial charge in [0.2, 0.25) is 0 Å². The second-order valence-corrected chi connectivity index (χ2v) is 10.6. The molecular formula is C33H32N8O3. The van der Waals surface area contributed by atoms with E-state index in [1.807, 2.05) is 55.6 Å². The van der Waals surface area contributed by atoms with Crippen LogP contribution in [0, 0.1) is 6.92 Å². The number of aromatic nitrogens is 4. The Kier molecular flexibility index (Phi) is 8.11. The van der Waals surface area contributed by atoms with Crippen molar-refractivity contribution in [2.24, 2.45) is 0 Å². The number of pyridine rings is 2. The lowest BCUT2D eigenvalue weighted by molar-refractivity contribution is 0.0827. The molecule has 6 rings (SSSR count). The van der Waals surface area contributed by atoms with Crippen LogP contribution in [0.3, 0.4) is 0 Å². The Labute approximate surface area is 254 Å². The number of amides is 3. The van der Waals surface area contributed by atoms with Gasteiger partial charge in [-0.15, -0.1) is 0 Å². The van der Waals surface area contributed by atoms with Crippen LogP contribution in [0.5, 0.6) is 0 Å². The Morgan fingerprint density at radius 2 is 1.55 bits per heavy atom.